The van der Waals surface area contributed by atoms with Crippen molar-refractivity contribution in [1.82, 2.24) is 0 Å². The van der Waals surface area contributed by atoms with Crippen LogP contribution in [0.1, 0.15) is 17.3 Å². The molecule has 128 valence electrons. The van der Waals surface area contributed by atoms with Crippen LogP contribution < -0.4 is 10.6 Å². The second kappa shape index (κ2) is 9.02. The average Bonchev–Trinajstić information content (AvgIpc) is 2.62. The van der Waals surface area contributed by atoms with Gasteiger partial charge in [-0.1, -0.05) is 18.2 Å². The van der Waals surface area contributed by atoms with E-state index in [9.17, 15) is 14.4 Å². The van der Waals surface area contributed by atoms with Gasteiger partial charge in [-0.25, -0.2) is 4.79 Å². The van der Waals surface area contributed by atoms with Gasteiger partial charge in [-0.15, -0.1) is 0 Å². The summed E-state index contributed by atoms with van der Waals surface area (Å²) in [6.07, 6.45) is 2.16. The fourth-order valence-corrected chi connectivity index (χ4v) is 1.95. The number of rotatable bonds is 6. The van der Waals surface area contributed by atoms with Gasteiger partial charge in [0, 0.05) is 29.1 Å². The van der Waals surface area contributed by atoms with Gasteiger partial charge in [0.1, 0.15) is 0 Å². The molecule has 25 heavy (non-hydrogen) atoms. The number of nitrogens with one attached hydrogen (secondary N) is 2. The predicted molar refractivity (Wildman–Crippen MR) is 95.2 cm³/mol. The van der Waals surface area contributed by atoms with Crippen LogP contribution in [-0.4, -0.2) is 24.4 Å². The number of esters is 1. The van der Waals surface area contributed by atoms with Crippen molar-refractivity contribution < 1.29 is 19.1 Å². The molecule has 0 unspecified atom stereocenters. The maximum absolute atomic E-state index is 12.0. The molecule has 0 aromatic heterocycles. The normalized spacial score (nSPS) is 10.3. The highest BCUT2D eigenvalue weighted by atomic mass is 16.5. The molecule has 0 saturated heterocycles. The Labute approximate surface area is 145 Å². The van der Waals surface area contributed by atoms with E-state index < -0.39 is 11.9 Å². The van der Waals surface area contributed by atoms with E-state index in [4.69, 9.17) is 0 Å². The molecular weight excluding hydrogens is 320 g/mol. The van der Waals surface area contributed by atoms with Crippen molar-refractivity contribution in [3.05, 3.63) is 72.3 Å². The number of hydrogen-bond donors (Lipinski definition) is 2. The number of amides is 2. The van der Waals surface area contributed by atoms with Gasteiger partial charge in [-0.05, 0) is 43.3 Å². The van der Waals surface area contributed by atoms with Crippen LogP contribution >= 0.6 is 0 Å². The van der Waals surface area contributed by atoms with Gasteiger partial charge in [0.25, 0.3) is 5.91 Å². The van der Waals surface area contributed by atoms with Crippen molar-refractivity contribution in [2.45, 2.75) is 6.92 Å². The molecule has 2 amide bonds. The van der Waals surface area contributed by atoms with E-state index in [0.717, 1.165) is 12.2 Å². The molecule has 0 aliphatic rings. The Bertz CT molecular complexity index is 768. The van der Waals surface area contributed by atoms with Gasteiger partial charge in [-0.3, -0.25) is 9.59 Å². The van der Waals surface area contributed by atoms with E-state index in [2.05, 4.69) is 15.4 Å². The molecule has 0 aliphatic heterocycles. The molecule has 2 rings (SSSR count). The van der Waals surface area contributed by atoms with Crippen molar-refractivity contribution >= 4 is 29.2 Å². The number of carbonyl (C=O) groups is 3. The summed E-state index contributed by atoms with van der Waals surface area (Å²) in [6, 6.07) is 15.5. The molecule has 0 radical (unpaired) electrons. The molecule has 0 heterocycles. The number of ether oxygens (including phenoxy) is 1. The smallest absolute Gasteiger partial charge is 0.330 e. The number of carbonyl (C=O) groups excluding carboxylic acids is 3. The molecular formula is C19H18N2O4. The lowest BCUT2D eigenvalue weighted by molar-refractivity contribution is -0.137. The number of hydrogen-bond acceptors (Lipinski definition) is 4. The molecule has 0 saturated carbocycles. The van der Waals surface area contributed by atoms with E-state index in [1.165, 1.54) is 0 Å². The second-order valence-electron chi connectivity index (χ2n) is 4.97. The molecule has 2 aromatic rings. The fraction of sp³-hybridized carbons (Fsp3) is 0.105. The summed E-state index contributed by atoms with van der Waals surface area (Å²) in [5, 5.41) is 5.37. The molecule has 0 spiro atoms. The van der Waals surface area contributed by atoms with Gasteiger partial charge >= 0.3 is 5.97 Å². The minimum atomic E-state index is -0.573. The summed E-state index contributed by atoms with van der Waals surface area (Å²) in [6.45, 7) is 1.94. The molecule has 2 aromatic carbocycles. The second-order valence-corrected chi connectivity index (χ2v) is 4.97. The standard InChI is InChI=1S/C19H18N2O4/c1-2-25-18(23)13-12-17(22)20-15-8-10-16(11-9-15)21-19(24)14-6-4-3-5-7-14/h3-13H,2H2,1H3,(H,20,22)(H,21,24)/b13-12+. The lowest BCUT2D eigenvalue weighted by atomic mass is 10.2. The Balaban J connectivity index is 1.90. The highest BCUT2D eigenvalue weighted by Crippen LogP contribution is 2.14. The zero-order valence-corrected chi connectivity index (χ0v) is 13.7. The van der Waals surface area contributed by atoms with Crippen molar-refractivity contribution in [1.29, 1.82) is 0 Å². The van der Waals surface area contributed by atoms with E-state index >= 15 is 0 Å². The van der Waals surface area contributed by atoms with Crippen LogP contribution in [0.2, 0.25) is 0 Å². The third kappa shape index (κ3) is 5.95. The van der Waals surface area contributed by atoms with Crippen LogP contribution in [-0.2, 0) is 14.3 Å². The monoisotopic (exact) mass is 338 g/mol. The van der Waals surface area contributed by atoms with Gasteiger partial charge in [0.2, 0.25) is 5.91 Å². The molecule has 2 N–H and O–H groups in total. The molecule has 0 atom stereocenters. The third-order valence-electron chi connectivity index (χ3n) is 3.10. The summed E-state index contributed by atoms with van der Waals surface area (Å²) in [4.78, 5) is 34.9. The highest BCUT2D eigenvalue weighted by Gasteiger charge is 2.05. The minimum Gasteiger partial charge on any atom is -0.463 e. The van der Waals surface area contributed by atoms with Crippen molar-refractivity contribution in [3.63, 3.8) is 0 Å². The molecule has 6 heteroatoms. The first-order chi connectivity index (χ1) is 12.1. The Hall–Kier alpha value is -3.41. The zero-order valence-electron chi connectivity index (χ0n) is 13.7. The van der Waals surface area contributed by atoms with E-state index in [-0.39, 0.29) is 12.5 Å². The van der Waals surface area contributed by atoms with Crippen LogP contribution in [0.25, 0.3) is 0 Å². The fourth-order valence-electron chi connectivity index (χ4n) is 1.95. The van der Waals surface area contributed by atoms with Crippen LogP contribution in [0.5, 0.6) is 0 Å². The molecule has 0 aliphatic carbocycles. The largest absolute Gasteiger partial charge is 0.463 e. The van der Waals surface area contributed by atoms with Crippen molar-refractivity contribution in [2.75, 3.05) is 17.2 Å². The van der Waals surface area contributed by atoms with Crippen LogP contribution in [0.3, 0.4) is 0 Å². The Kier molecular flexibility index (Phi) is 6.47. The van der Waals surface area contributed by atoms with Gasteiger partial charge in [-0.2, -0.15) is 0 Å². The first-order valence-corrected chi connectivity index (χ1v) is 7.71. The summed E-state index contributed by atoms with van der Waals surface area (Å²) < 4.78 is 4.69. The average molecular weight is 338 g/mol. The molecule has 0 fully saturated rings. The van der Waals surface area contributed by atoms with Crippen molar-refractivity contribution in [3.8, 4) is 0 Å². The van der Waals surface area contributed by atoms with Gasteiger partial charge in [0.05, 0.1) is 6.61 Å². The third-order valence-corrected chi connectivity index (χ3v) is 3.10. The maximum atomic E-state index is 12.0. The first-order valence-electron chi connectivity index (χ1n) is 7.71. The molecule has 0 bridgehead atoms. The van der Waals surface area contributed by atoms with E-state index in [1.807, 2.05) is 6.07 Å². The maximum Gasteiger partial charge on any atom is 0.330 e. The quantitative estimate of drug-likeness (QED) is 0.626. The summed E-state index contributed by atoms with van der Waals surface area (Å²) in [5.74, 6) is -1.24. The number of anilines is 2. The Morgan fingerprint density at radius 3 is 2.08 bits per heavy atom. The summed E-state index contributed by atoms with van der Waals surface area (Å²) in [7, 11) is 0. The van der Waals surface area contributed by atoms with Crippen LogP contribution in [0, 0.1) is 0 Å². The number of benzene rings is 2. The molecule has 6 nitrogen and oxygen atoms in total. The van der Waals surface area contributed by atoms with E-state index in [1.54, 1.807) is 55.5 Å². The summed E-state index contributed by atoms with van der Waals surface area (Å²) in [5.41, 5.74) is 1.70. The zero-order chi connectivity index (χ0) is 18.1. The topological polar surface area (TPSA) is 84.5 Å². The SMILES string of the molecule is CCOC(=O)/C=C/C(=O)Nc1ccc(NC(=O)c2ccccc2)cc1. The predicted octanol–water partition coefficient (Wildman–Crippen LogP) is 3.00. The van der Waals surface area contributed by atoms with E-state index in [0.29, 0.717) is 16.9 Å². The Morgan fingerprint density at radius 1 is 0.880 bits per heavy atom. The van der Waals surface area contributed by atoms with Crippen molar-refractivity contribution in [2.24, 2.45) is 0 Å². The lowest BCUT2D eigenvalue weighted by Crippen LogP contribution is -2.12. The highest BCUT2D eigenvalue weighted by molar-refractivity contribution is 6.05. The lowest BCUT2D eigenvalue weighted by Gasteiger charge is -2.07. The first kappa shape index (κ1) is 17.9. The van der Waals surface area contributed by atoms with Gasteiger partial charge < -0.3 is 15.4 Å². The summed E-state index contributed by atoms with van der Waals surface area (Å²) >= 11 is 0. The minimum absolute atomic E-state index is 0.213. The Morgan fingerprint density at radius 2 is 1.48 bits per heavy atom. The van der Waals surface area contributed by atoms with Gasteiger partial charge in [0.15, 0.2) is 0 Å². The van der Waals surface area contributed by atoms with Crippen LogP contribution in [0.15, 0.2) is 66.7 Å². The van der Waals surface area contributed by atoms with Crippen LogP contribution in [0.4, 0.5) is 11.4 Å².